The standard InChI is InChI=1S/C16H12FN3O/c1-10-7-8-12(15(17)19-10)16(21)20-13-6-2-4-11-5-3-9-18-14(11)13/h2-9H,1H3,(H,20,21). The maximum absolute atomic E-state index is 13.7. The first kappa shape index (κ1) is 13.2. The number of carbonyl (C=O) groups is 1. The van der Waals surface area contributed by atoms with Crippen molar-refractivity contribution in [2.75, 3.05) is 5.32 Å². The van der Waals surface area contributed by atoms with E-state index >= 15 is 0 Å². The molecular weight excluding hydrogens is 269 g/mol. The van der Waals surface area contributed by atoms with Crippen molar-refractivity contribution in [3.8, 4) is 0 Å². The van der Waals surface area contributed by atoms with Gasteiger partial charge >= 0.3 is 0 Å². The molecule has 0 aliphatic heterocycles. The molecule has 0 spiro atoms. The zero-order chi connectivity index (χ0) is 14.8. The Kier molecular flexibility index (Phi) is 3.31. The molecule has 0 aliphatic carbocycles. The number of rotatable bonds is 2. The van der Waals surface area contributed by atoms with Crippen LogP contribution in [0.25, 0.3) is 10.9 Å². The summed E-state index contributed by atoms with van der Waals surface area (Å²) in [5.41, 5.74) is 1.64. The minimum atomic E-state index is -0.777. The van der Waals surface area contributed by atoms with E-state index in [1.807, 2.05) is 24.3 Å². The Labute approximate surface area is 120 Å². The number of hydrogen-bond acceptors (Lipinski definition) is 3. The van der Waals surface area contributed by atoms with Crippen molar-refractivity contribution in [1.29, 1.82) is 0 Å². The highest BCUT2D eigenvalue weighted by Crippen LogP contribution is 2.21. The number of anilines is 1. The van der Waals surface area contributed by atoms with Gasteiger partial charge in [0, 0.05) is 17.3 Å². The van der Waals surface area contributed by atoms with E-state index in [1.165, 1.54) is 6.07 Å². The first-order chi connectivity index (χ1) is 10.1. The van der Waals surface area contributed by atoms with E-state index in [-0.39, 0.29) is 5.56 Å². The molecule has 1 N–H and O–H groups in total. The van der Waals surface area contributed by atoms with Crippen LogP contribution in [0, 0.1) is 12.9 Å². The smallest absolute Gasteiger partial charge is 0.260 e. The molecule has 0 bridgehead atoms. The molecule has 2 aromatic heterocycles. The molecule has 3 aromatic rings. The van der Waals surface area contributed by atoms with E-state index in [0.29, 0.717) is 16.9 Å². The van der Waals surface area contributed by atoms with Gasteiger partial charge in [-0.25, -0.2) is 4.98 Å². The summed E-state index contributed by atoms with van der Waals surface area (Å²) in [6.07, 6.45) is 1.64. The number of pyridine rings is 2. The highest BCUT2D eigenvalue weighted by Gasteiger charge is 2.14. The molecule has 5 heteroatoms. The summed E-state index contributed by atoms with van der Waals surface area (Å²) in [6, 6.07) is 12.2. The van der Waals surface area contributed by atoms with E-state index in [1.54, 1.807) is 25.3 Å². The summed E-state index contributed by atoms with van der Waals surface area (Å²) < 4.78 is 13.7. The third-order valence-electron chi connectivity index (χ3n) is 3.11. The van der Waals surface area contributed by atoms with Crippen molar-refractivity contribution in [2.24, 2.45) is 0 Å². The van der Waals surface area contributed by atoms with Crippen LogP contribution >= 0.6 is 0 Å². The maximum atomic E-state index is 13.7. The van der Waals surface area contributed by atoms with E-state index in [4.69, 9.17) is 0 Å². The molecule has 3 rings (SSSR count). The molecule has 1 amide bonds. The fourth-order valence-corrected chi connectivity index (χ4v) is 2.09. The number of halogens is 1. The average molecular weight is 281 g/mol. The van der Waals surface area contributed by atoms with Crippen molar-refractivity contribution in [3.05, 3.63) is 65.9 Å². The highest BCUT2D eigenvalue weighted by molar-refractivity contribution is 6.08. The predicted octanol–water partition coefficient (Wildman–Crippen LogP) is 3.33. The summed E-state index contributed by atoms with van der Waals surface area (Å²) in [6.45, 7) is 1.67. The van der Waals surface area contributed by atoms with Gasteiger partial charge in [0.2, 0.25) is 5.95 Å². The summed E-state index contributed by atoms with van der Waals surface area (Å²) >= 11 is 0. The minimum absolute atomic E-state index is 0.0893. The van der Waals surface area contributed by atoms with Crippen molar-refractivity contribution in [3.63, 3.8) is 0 Å². The van der Waals surface area contributed by atoms with Crippen molar-refractivity contribution < 1.29 is 9.18 Å². The first-order valence-electron chi connectivity index (χ1n) is 6.43. The van der Waals surface area contributed by atoms with Crippen molar-refractivity contribution in [2.45, 2.75) is 6.92 Å². The number of aryl methyl sites for hydroxylation is 1. The topological polar surface area (TPSA) is 54.9 Å². The number of hydrogen-bond donors (Lipinski definition) is 1. The fraction of sp³-hybridized carbons (Fsp3) is 0.0625. The lowest BCUT2D eigenvalue weighted by Gasteiger charge is -2.08. The Morgan fingerprint density at radius 3 is 2.76 bits per heavy atom. The Bertz CT molecular complexity index is 827. The quantitative estimate of drug-likeness (QED) is 0.733. The monoisotopic (exact) mass is 281 g/mol. The van der Waals surface area contributed by atoms with Gasteiger partial charge < -0.3 is 5.32 Å². The third-order valence-corrected chi connectivity index (χ3v) is 3.11. The maximum Gasteiger partial charge on any atom is 0.260 e. The number of aromatic nitrogens is 2. The van der Waals surface area contributed by atoms with Crippen molar-refractivity contribution in [1.82, 2.24) is 9.97 Å². The summed E-state index contributed by atoms with van der Waals surface area (Å²) in [4.78, 5) is 20.1. The lowest BCUT2D eigenvalue weighted by atomic mass is 10.1. The normalized spacial score (nSPS) is 10.6. The Balaban J connectivity index is 1.97. The van der Waals surface area contributed by atoms with Crippen LogP contribution in [0.2, 0.25) is 0 Å². The van der Waals surface area contributed by atoms with E-state index in [0.717, 1.165) is 5.39 Å². The SMILES string of the molecule is Cc1ccc(C(=O)Nc2cccc3cccnc23)c(F)n1. The van der Waals surface area contributed by atoms with Crippen LogP contribution in [-0.2, 0) is 0 Å². The largest absolute Gasteiger partial charge is 0.320 e. The van der Waals surface area contributed by atoms with Crippen LogP contribution in [0.3, 0.4) is 0 Å². The highest BCUT2D eigenvalue weighted by atomic mass is 19.1. The van der Waals surface area contributed by atoms with Crippen LogP contribution in [0.15, 0.2) is 48.7 Å². The predicted molar refractivity (Wildman–Crippen MR) is 78.6 cm³/mol. The van der Waals surface area contributed by atoms with Gasteiger partial charge in [-0.2, -0.15) is 4.39 Å². The van der Waals surface area contributed by atoms with Crippen LogP contribution < -0.4 is 5.32 Å². The van der Waals surface area contributed by atoms with Gasteiger partial charge in [-0.05, 0) is 31.2 Å². The second-order valence-corrected chi connectivity index (χ2v) is 4.63. The van der Waals surface area contributed by atoms with Crippen LogP contribution in [0.1, 0.15) is 16.1 Å². The average Bonchev–Trinajstić information content (AvgIpc) is 2.47. The fourth-order valence-electron chi connectivity index (χ4n) is 2.09. The number of benzene rings is 1. The summed E-state index contributed by atoms with van der Waals surface area (Å²) in [5.74, 6) is -1.32. The molecule has 0 unspecified atom stereocenters. The van der Waals surface area contributed by atoms with Gasteiger partial charge in [0.25, 0.3) is 5.91 Å². The molecule has 4 nitrogen and oxygen atoms in total. The number of amides is 1. The zero-order valence-corrected chi connectivity index (χ0v) is 11.3. The van der Waals surface area contributed by atoms with Gasteiger partial charge in [0.15, 0.2) is 0 Å². The van der Waals surface area contributed by atoms with Crippen molar-refractivity contribution >= 4 is 22.5 Å². The van der Waals surface area contributed by atoms with E-state index in [2.05, 4.69) is 15.3 Å². The molecule has 0 atom stereocenters. The molecule has 21 heavy (non-hydrogen) atoms. The molecule has 0 fully saturated rings. The lowest BCUT2D eigenvalue weighted by Crippen LogP contribution is -2.15. The molecular formula is C16H12FN3O. The lowest BCUT2D eigenvalue weighted by molar-refractivity contribution is 0.102. The number of para-hydroxylation sites is 1. The molecule has 1 aromatic carbocycles. The van der Waals surface area contributed by atoms with Crippen LogP contribution in [-0.4, -0.2) is 15.9 Å². The molecule has 0 saturated heterocycles. The van der Waals surface area contributed by atoms with E-state index in [9.17, 15) is 9.18 Å². The molecule has 0 saturated carbocycles. The van der Waals surface area contributed by atoms with Gasteiger partial charge in [-0.1, -0.05) is 18.2 Å². The summed E-state index contributed by atoms with van der Waals surface area (Å²) in [5, 5.41) is 3.58. The molecule has 0 radical (unpaired) electrons. The Morgan fingerprint density at radius 1 is 1.14 bits per heavy atom. The number of nitrogens with zero attached hydrogens (tertiary/aromatic N) is 2. The van der Waals surface area contributed by atoms with Crippen LogP contribution in [0.5, 0.6) is 0 Å². The second-order valence-electron chi connectivity index (χ2n) is 4.63. The zero-order valence-electron chi connectivity index (χ0n) is 11.3. The van der Waals surface area contributed by atoms with Gasteiger partial charge in [-0.15, -0.1) is 0 Å². The van der Waals surface area contributed by atoms with Gasteiger partial charge in [0.05, 0.1) is 16.8 Å². The second kappa shape index (κ2) is 5.28. The molecule has 0 aliphatic rings. The Morgan fingerprint density at radius 2 is 1.95 bits per heavy atom. The van der Waals surface area contributed by atoms with Gasteiger partial charge in [0.1, 0.15) is 0 Å². The summed E-state index contributed by atoms with van der Waals surface area (Å²) in [7, 11) is 0. The molecule has 104 valence electrons. The minimum Gasteiger partial charge on any atom is -0.320 e. The third kappa shape index (κ3) is 2.58. The Hall–Kier alpha value is -2.82. The van der Waals surface area contributed by atoms with Gasteiger partial charge in [-0.3, -0.25) is 9.78 Å². The first-order valence-corrected chi connectivity index (χ1v) is 6.43. The number of fused-ring (bicyclic) bond motifs is 1. The number of carbonyl (C=O) groups excluding carboxylic acids is 1. The van der Waals surface area contributed by atoms with E-state index < -0.39 is 11.9 Å². The number of nitrogens with one attached hydrogen (secondary N) is 1. The molecule has 2 heterocycles. The van der Waals surface area contributed by atoms with Crippen LogP contribution in [0.4, 0.5) is 10.1 Å².